The number of aliphatic hydroxyl groups is 1. The van der Waals surface area contributed by atoms with E-state index in [4.69, 9.17) is 5.73 Å². The van der Waals surface area contributed by atoms with Gasteiger partial charge in [-0.15, -0.1) is 0 Å². The minimum absolute atomic E-state index is 0.0166. The first-order valence-corrected chi connectivity index (χ1v) is 4.49. The number of benzene rings is 1. The highest BCUT2D eigenvalue weighted by Crippen LogP contribution is 2.28. The zero-order chi connectivity index (χ0) is 12.3. The Morgan fingerprint density at radius 1 is 1.50 bits per heavy atom. The van der Waals surface area contributed by atoms with Crippen molar-refractivity contribution < 1.29 is 18.8 Å². The van der Waals surface area contributed by atoms with Crippen LogP contribution < -0.4 is 5.73 Å². The topological polar surface area (TPSA) is 89.4 Å². The molecule has 1 aromatic rings. The molecule has 0 bridgehead atoms. The predicted molar refractivity (Wildman–Crippen MR) is 51.6 cm³/mol. The first-order chi connectivity index (χ1) is 7.49. The Balaban J connectivity index is 3.26. The zero-order valence-corrected chi connectivity index (χ0v) is 8.19. The zero-order valence-electron chi connectivity index (χ0n) is 8.19. The van der Waals surface area contributed by atoms with E-state index in [1.165, 1.54) is 0 Å². The van der Waals surface area contributed by atoms with Crippen molar-refractivity contribution in [2.75, 3.05) is 6.54 Å². The Bertz CT molecular complexity index is 412. The van der Waals surface area contributed by atoms with Gasteiger partial charge in [0.25, 0.3) is 0 Å². The van der Waals surface area contributed by atoms with Gasteiger partial charge in [0.05, 0.1) is 16.6 Å². The molecule has 0 aliphatic rings. The molecule has 16 heavy (non-hydrogen) atoms. The molecular weight excluding hydrogens is 222 g/mol. The number of nitro benzene ring substituents is 1. The number of hydrogen-bond donors (Lipinski definition) is 2. The number of aliphatic hydroxyl groups excluding tert-OH is 1. The van der Waals surface area contributed by atoms with Crippen molar-refractivity contribution in [1.82, 2.24) is 0 Å². The molecule has 1 rings (SSSR count). The van der Waals surface area contributed by atoms with Gasteiger partial charge in [-0.25, -0.2) is 4.39 Å². The van der Waals surface area contributed by atoms with E-state index in [0.717, 1.165) is 6.07 Å². The molecule has 0 aliphatic carbocycles. The molecule has 0 aromatic heterocycles. The second-order valence-corrected chi connectivity index (χ2v) is 3.14. The summed E-state index contributed by atoms with van der Waals surface area (Å²) in [7, 11) is 0. The maximum atomic E-state index is 13.5. The quantitative estimate of drug-likeness (QED) is 0.604. The SMILES string of the molecule is NCC[C@@H](O)c1c(F)ccc([N+](=O)[O-])c1F. The monoisotopic (exact) mass is 232 g/mol. The van der Waals surface area contributed by atoms with Gasteiger partial charge in [0.2, 0.25) is 5.82 Å². The van der Waals surface area contributed by atoms with Crippen molar-refractivity contribution in [3.63, 3.8) is 0 Å². The van der Waals surface area contributed by atoms with Gasteiger partial charge in [-0.3, -0.25) is 10.1 Å². The highest BCUT2D eigenvalue weighted by molar-refractivity contribution is 5.38. The van der Waals surface area contributed by atoms with E-state index in [2.05, 4.69) is 0 Å². The van der Waals surface area contributed by atoms with Gasteiger partial charge in [-0.2, -0.15) is 4.39 Å². The molecule has 0 amide bonds. The minimum atomic E-state index is -1.48. The molecule has 1 aromatic carbocycles. The van der Waals surface area contributed by atoms with Gasteiger partial charge in [-0.1, -0.05) is 0 Å². The Morgan fingerprint density at radius 2 is 2.12 bits per heavy atom. The van der Waals surface area contributed by atoms with Crippen LogP contribution in [0, 0.1) is 21.7 Å². The Labute approximate surface area is 89.6 Å². The molecular formula is C9H10F2N2O3. The van der Waals surface area contributed by atoms with E-state index < -0.39 is 33.9 Å². The van der Waals surface area contributed by atoms with Gasteiger partial charge in [0.1, 0.15) is 5.82 Å². The van der Waals surface area contributed by atoms with Gasteiger partial charge < -0.3 is 10.8 Å². The molecule has 7 heteroatoms. The van der Waals surface area contributed by atoms with E-state index in [9.17, 15) is 24.0 Å². The van der Waals surface area contributed by atoms with Crippen molar-refractivity contribution >= 4 is 5.69 Å². The number of rotatable bonds is 4. The lowest BCUT2D eigenvalue weighted by atomic mass is 10.0. The average Bonchev–Trinajstić information content (AvgIpc) is 2.17. The Hall–Kier alpha value is -1.60. The fraction of sp³-hybridized carbons (Fsp3) is 0.333. The van der Waals surface area contributed by atoms with Crippen LogP contribution >= 0.6 is 0 Å². The summed E-state index contributed by atoms with van der Waals surface area (Å²) in [6, 6.07) is 1.46. The summed E-state index contributed by atoms with van der Waals surface area (Å²) in [6.07, 6.45) is -1.56. The fourth-order valence-electron chi connectivity index (χ4n) is 1.31. The van der Waals surface area contributed by atoms with Crippen LogP contribution in [0.5, 0.6) is 0 Å². The van der Waals surface area contributed by atoms with E-state index in [-0.39, 0.29) is 13.0 Å². The number of nitrogens with two attached hydrogens (primary N) is 1. The number of nitrogens with zero attached hydrogens (tertiary/aromatic N) is 1. The minimum Gasteiger partial charge on any atom is -0.388 e. The van der Waals surface area contributed by atoms with Gasteiger partial charge >= 0.3 is 5.69 Å². The maximum absolute atomic E-state index is 13.5. The van der Waals surface area contributed by atoms with Gasteiger partial charge in [-0.05, 0) is 19.0 Å². The molecule has 0 radical (unpaired) electrons. The van der Waals surface area contributed by atoms with Gasteiger partial charge in [0.15, 0.2) is 0 Å². The predicted octanol–water partition coefficient (Wildman–Crippen LogP) is 1.26. The molecule has 0 saturated heterocycles. The third-order valence-electron chi connectivity index (χ3n) is 2.08. The third kappa shape index (κ3) is 2.31. The lowest BCUT2D eigenvalue weighted by molar-refractivity contribution is -0.387. The van der Waals surface area contributed by atoms with Crippen LogP contribution in [0.1, 0.15) is 18.1 Å². The summed E-state index contributed by atoms with van der Waals surface area (Å²) in [5.74, 6) is -2.38. The Morgan fingerprint density at radius 3 is 2.62 bits per heavy atom. The molecule has 0 unspecified atom stereocenters. The number of nitro groups is 1. The molecule has 0 aliphatic heterocycles. The molecule has 5 nitrogen and oxygen atoms in total. The fourth-order valence-corrected chi connectivity index (χ4v) is 1.31. The molecule has 0 fully saturated rings. The maximum Gasteiger partial charge on any atom is 0.305 e. The molecule has 88 valence electrons. The summed E-state index contributed by atoms with van der Waals surface area (Å²) in [6.45, 7) is 0.0166. The Kier molecular flexibility index (Phi) is 3.86. The highest BCUT2D eigenvalue weighted by Gasteiger charge is 2.25. The number of hydrogen-bond acceptors (Lipinski definition) is 4. The first-order valence-electron chi connectivity index (χ1n) is 4.49. The highest BCUT2D eigenvalue weighted by atomic mass is 19.1. The van der Waals surface area contributed by atoms with Crippen LogP contribution in [-0.4, -0.2) is 16.6 Å². The van der Waals surface area contributed by atoms with Gasteiger partial charge in [0, 0.05) is 6.07 Å². The van der Waals surface area contributed by atoms with Crippen molar-refractivity contribution in [2.45, 2.75) is 12.5 Å². The van der Waals surface area contributed by atoms with E-state index in [0.29, 0.717) is 6.07 Å². The first kappa shape index (κ1) is 12.5. The summed E-state index contributed by atoms with van der Waals surface area (Å²) >= 11 is 0. The molecule has 1 atom stereocenters. The van der Waals surface area contributed by atoms with E-state index >= 15 is 0 Å². The third-order valence-corrected chi connectivity index (χ3v) is 2.08. The summed E-state index contributed by atoms with van der Waals surface area (Å²) in [4.78, 5) is 9.42. The summed E-state index contributed by atoms with van der Waals surface area (Å²) < 4.78 is 26.7. The van der Waals surface area contributed by atoms with Crippen LogP contribution in [0.15, 0.2) is 12.1 Å². The smallest absolute Gasteiger partial charge is 0.305 e. The molecule has 0 spiro atoms. The second-order valence-electron chi connectivity index (χ2n) is 3.14. The van der Waals surface area contributed by atoms with Crippen LogP contribution in [0.3, 0.4) is 0 Å². The van der Waals surface area contributed by atoms with E-state index in [1.54, 1.807) is 0 Å². The molecule has 0 saturated carbocycles. The standard InChI is InChI=1S/C9H10F2N2O3/c10-5-1-2-6(13(15)16)9(11)8(5)7(14)3-4-12/h1-2,7,14H,3-4,12H2/t7-/m1/s1. The summed E-state index contributed by atoms with van der Waals surface area (Å²) in [5.41, 5.74) is 3.55. The van der Waals surface area contributed by atoms with Crippen molar-refractivity contribution in [3.05, 3.63) is 39.4 Å². The largest absolute Gasteiger partial charge is 0.388 e. The normalized spacial score (nSPS) is 12.5. The van der Waals surface area contributed by atoms with Crippen molar-refractivity contribution in [1.29, 1.82) is 0 Å². The van der Waals surface area contributed by atoms with Crippen LogP contribution in [-0.2, 0) is 0 Å². The van der Waals surface area contributed by atoms with Crippen LogP contribution in [0.4, 0.5) is 14.5 Å². The molecule has 3 N–H and O–H groups in total. The van der Waals surface area contributed by atoms with Crippen LogP contribution in [0.25, 0.3) is 0 Å². The van der Waals surface area contributed by atoms with Crippen molar-refractivity contribution in [3.8, 4) is 0 Å². The lowest BCUT2D eigenvalue weighted by Gasteiger charge is -2.11. The average molecular weight is 232 g/mol. The second kappa shape index (κ2) is 4.95. The number of halogens is 2. The van der Waals surface area contributed by atoms with Crippen LogP contribution in [0.2, 0.25) is 0 Å². The molecule has 0 heterocycles. The van der Waals surface area contributed by atoms with Crippen molar-refractivity contribution in [2.24, 2.45) is 5.73 Å². The summed E-state index contributed by atoms with van der Waals surface area (Å²) in [5, 5.41) is 19.8. The lowest BCUT2D eigenvalue weighted by Crippen LogP contribution is -2.11. The van der Waals surface area contributed by atoms with E-state index in [1.807, 2.05) is 0 Å².